The quantitative estimate of drug-likeness (QED) is 0.369. The Hall–Kier alpha value is -2.48. The summed E-state index contributed by atoms with van der Waals surface area (Å²) >= 11 is 4.95. The predicted octanol–water partition coefficient (Wildman–Crippen LogP) is 1.36. The van der Waals surface area contributed by atoms with Crippen molar-refractivity contribution in [2.24, 2.45) is 5.10 Å². The van der Waals surface area contributed by atoms with Crippen LogP contribution < -0.4 is 21.4 Å². The van der Waals surface area contributed by atoms with E-state index in [9.17, 15) is 9.59 Å². The van der Waals surface area contributed by atoms with Crippen LogP contribution in [0, 0.1) is 13.8 Å². The van der Waals surface area contributed by atoms with Gasteiger partial charge in [-0.2, -0.15) is 5.10 Å². The highest BCUT2D eigenvalue weighted by atomic mass is 32.1. The highest BCUT2D eigenvalue weighted by molar-refractivity contribution is 7.80. The van der Waals surface area contributed by atoms with Crippen molar-refractivity contribution in [2.45, 2.75) is 46.2 Å². The second kappa shape index (κ2) is 7.18. The number of hydrazone groups is 1. The summed E-state index contributed by atoms with van der Waals surface area (Å²) in [4.78, 5) is 24.9. The number of aryl methyl sites for hydroxylation is 1. The third-order valence-electron chi connectivity index (χ3n) is 3.65. The van der Waals surface area contributed by atoms with Crippen LogP contribution in [-0.4, -0.2) is 34.2 Å². The van der Waals surface area contributed by atoms with Crippen LogP contribution in [0.15, 0.2) is 23.3 Å². The van der Waals surface area contributed by atoms with Gasteiger partial charge in [-0.3, -0.25) is 9.59 Å². The third-order valence-corrected chi connectivity index (χ3v) is 3.86. The third kappa shape index (κ3) is 4.76. The second-order valence-corrected chi connectivity index (χ2v) is 7.36. The van der Waals surface area contributed by atoms with Gasteiger partial charge >= 0.3 is 0 Å². The molecule has 1 fully saturated rings. The number of carbonyl (C=O) groups excluding carboxylic acids is 2. The van der Waals surface area contributed by atoms with Gasteiger partial charge in [0.25, 0.3) is 11.8 Å². The monoisotopic (exact) mass is 361 g/mol. The van der Waals surface area contributed by atoms with Crippen molar-refractivity contribution in [1.82, 2.24) is 16.1 Å². The van der Waals surface area contributed by atoms with Gasteiger partial charge in [0.1, 0.15) is 0 Å². The molecule has 134 valence electrons. The van der Waals surface area contributed by atoms with Gasteiger partial charge in [0.15, 0.2) is 16.9 Å². The molecule has 1 unspecified atom stereocenters. The summed E-state index contributed by atoms with van der Waals surface area (Å²) in [6.07, 6.45) is 0. The lowest BCUT2D eigenvalue weighted by Gasteiger charge is -2.20. The average molecular weight is 361 g/mol. The summed E-state index contributed by atoms with van der Waals surface area (Å²) in [5, 5.41) is 12.4. The van der Waals surface area contributed by atoms with Crippen LogP contribution in [-0.2, 0) is 9.59 Å². The van der Waals surface area contributed by atoms with Crippen molar-refractivity contribution in [3.63, 3.8) is 0 Å². The maximum Gasteiger partial charge on any atom is 0.274 e. The normalized spacial score (nSPS) is 17.8. The molecule has 25 heavy (non-hydrogen) atoms. The van der Waals surface area contributed by atoms with Crippen LogP contribution >= 0.6 is 12.2 Å². The molecule has 1 saturated heterocycles. The van der Waals surface area contributed by atoms with Crippen molar-refractivity contribution < 1.29 is 9.59 Å². The van der Waals surface area contributed by atoms with Gasteiger partial charge in [-0.1, -0.05) is 12.1 Å². The van der Waals surface area contributed by atoms with Crippen LogP contribution in [0.4, 0.5) is 5.69 Å². The second-order valence-electron chi connectivity index (χ2n) is 6.96. The highest BCUT2D eigenvalue weighted by Crippen LogP contribution is 2.18. The molecule has 1 atom stereocenters. The van der Waals surface area contributed by atoms with Crippen LogP contribution in [0.3, 0.4) is 0 Å². The van der Waals surface area contributed by atoms with E-state index in [1.165, 1.54) is 0 Å². The molecule has 1 heterocycles. The van der Waals surface area contributed by atoms with E-state index in [1.807, 2.05) is 52.8 Å². The Kier molecular flexibility index (Phi) is 5.42. The molecule has 7 nitrogen and oxygen atoms in total. The van der Waals surface area contributed by atoms with Gasteiger partial charge in [0, 0.05) is 11.2 Å². The van der Waals surface area contributed by atoms with Gasteiger partial charge in [-0.15, -0.1) is 0 Å². The zero-order chi connectivity index (χ0) is 18.8. The first kappa shape index (κ1) is 18.9. The molecule has 0 radical (unpaired) electrons. The molecule has 8 heteroatoms. The molecule has 1 aromatic rings. The largest absolute Gasteiger partial charge is 0.345 e. The van der Waals surface area contributed by atoms with Crippen LogP contribution in [0.5, 0.6) is 0 Å². The Bertz CT molecular complexity index is 752. The Morgan fingerprint density at radius 1 is 1.28 bits per heavy atom. The highest BCUT2D eigenvalue weighted by Gasteiger charge is 2.36. The zero-order valence-corrected chi connectivity index (χ0v) is 15.8. The van der Waals surface area contributed by atoms with Gasteiger partial charge in [0.2, 0.25) is 0 Å². The number of rotatable bonds is 4. The van der Waals surface area contributed by atoms with Crippen molar-refractivity contribution in [2.75, 3.05) is 5.32 Å². The van der Waals surface area contributed by atoms with Crippen LogP contribution in [0.25, 0.3) is 0 Å². The van der Waals surface area contributed by atoms with Crippen molar-refractivity contribution in [1.29, 1.82) is 0 Å². The molecule has 0 saturated carbocycles. The number of nitrogens with zero attached hydrogens (tertiary/aromatic N) is 1. The van der Waals surface area contributed by atoms with Crippen molar-refractivity contribution in [3.8, 4) is 0 Å². The standard InChI is InChI=1S/C17H23N5O2S/c1-9-7-6-8-11(10(9)2)18-15(24)13(21-22-17(3,4)5)12-14(23)20-16(25)19-12/h6-8,12,22H,1-5H3,(H,18,24)(H2,19,20,23,25). The summed E-state index contributed by atoms with van der Waals surface area (Å²) in [6, 6.07) is 4.69. The smallest absolute Gasteiger partial charge is 0.274 e. The lowest BCUT2D eigenvalue weighted by atomic mass is 10.1. The number of hydrogen-bond donors (Lipinski definition) is 4. The van der Waals surface area contributed by atoms with Gasteiger partial charge in [0.05, 0.1) is 0 Å². The van der Waals surface area contributed by atoms with E-state index in [0.717, 1.165) is 11.1 Å². The fraction of sp³-hybridized carbons (Fsp3) is 0.412. The minimum absolute atomic E-state index is 0.0215. The molecule has 2 rings (SSSR count). The lowest BCUT2D eigenvalue weighted by Crippen LogP contribution is -2.46. The summed E-state index contributed by atoms with van der Waals surface area (Å²) in [6.45, 7) is 9.60. The Labute approximate surface area is 152 Å². The summed E-state index contributed by atoms with van der Waals surface area (Å²) < 4.78 is 0. The van der Waals surface area contributed by atoms with E-state index in [0.29, 0.717) is 5.69 Å². The zero-order valence-electron chi connectivity index (χ0n) is 15.0. The molecule has 4 N–H and O–H groups in total. The summed E-state index contributed by atoms with van der Waals surface area (Å²) in [5.74, 6) is -0.877. The van der Waals surface area contributed by atoms with Gasteiger partial charge in [-0.25, -0.2) is 0 Å². The molecule has 2 amide bonds. The Morgan fingerprint density at radius 3 is 2.52 bits per heavy atom. The number of amides is 2. The maximum absolute atomic E-state index is 12.8. The van der Waals surface area contributed by atoms with E-state index in [-0.39, 0.29) is 16.4 Å². The lowest BCUT2D eigenvalue weighted by molar-refractivity contribution is -0.119. The van der Waals surface area contributed by atoms with Crippen molar-refractivity contribution >= 4 is 40.5 Å². The fourth-order valence-electron chi connectivity index (χ4n) is 2.16. The van der Waals surface area contributed by atoms with E-state index in [4.69, 9.17) is 12.2 Å². The number of anilines is 1. The Balaban J connectivity index is 2.31. The number of carbonyl (C=O) groups is 2. The SMILES string of the molecule is Cc1cccc(NC(=O)C(=NNC(C)(C)C)C2NC(=S)NC2=O)c1C. The summed E-state index contributed by atoms with van der Waals surface area (Å²) in [5.41, 5.74) is 5.24. The Morgan fingerprint density at radius 2 is 1.96 bits per heavy atom. The first-order valence-electron chi connectivity index (χ1n) is 7.92. The molecule has 1 aromatic carbocycles. The molecule has 0 spiro atoms. The number of benzene rings is 1. The minimum Gasteiger partial charge on any atom is -0.345 e. The number of nitrogens with one attached hydrogen (secondary N) is 4. The molecular weight excluding hydrogens is 338 g/mol. The predicted molar refractivity (Wildman–Crippen MR) is 103 cm³/mol. The molecular formula is C17H23N5O2S. The van der Waals surface area contributed by atoms with E-state index in [1.54, 1.807) is 0 Å². The topological polar surface area (TPSA) is 94.6 Å². The fourth-order valence-corrected chi connectivity index (χ4v) is 2.37. The molecule has 0 aliphatic carbocycles. The van der Waals surface area contributed by atoms with Gasteiger partial charge in [-0.05, 0) is 64.0 Å². The van der Waals surface area contributed by atoms with Gasteiger partial charge < -0.3 is 21.4 Å². The van der Waals surface area contributed by atoms with Crippen LogP contribution in [0.1, 0.15) is 31.9 Å². The number of thiocarbonyl (C=S) groups is 1. The van der Waals surface area contributed by atoms with E-state index < -0.39 is 17.9 Å². The first-order chi connectivity index (χ1) is 11.6. The molecule has 0 bridgehead atoms. The maximum atomic E-state index is 12.8. The molecule has 1 aliphatic rings. The first-order valence-corrected chi connectivity index (χ1v) is 8.33. The molecule has 1 aliphatic heterocycles. The summed E-state index contributed by atoms with van der Waals surface area (Å²) in [7, 11) is 0. The van der Waals surface area contributed by atoms with Crippen molar-refractivity contribution in [3.05, 3.63) is 29.3 Å². The molecule has 0 aromatic heterocycles. The van der Waals surface area contributed by atoms with E-state index >= 15 is 0 Å². The average Bonchev–Trinajstić information content (AvgIpc) is 2.82. The number of hydrogen-bond acceptors (Lipinski definition) is 5. The van der Waals surface area contributed by atoms with E-state index in [2.05, 4.69) is 26.5 Å². The van der Waals surface area contributed by atoms with Crippen LogP contribution in [0.2, 0.25) is 0 Å². The minimum atomic E-state index is -0.938.